The van der Waals surface area contributed by atoms with Crippen molar-refractivity contribution >= 4 is 23.4 Å². The Balaban J connectivity index is 2.82. The van der Waals surface area contributed by atoms with E-state index in [1.54, 1.807) is 25.6 Å². The highest BCUT2D eigenvalue weighted by Crippen LogP contribution is 2.21. The smallest absolute Gasteiger partial charge is 0.244 e. The van der Waals surface area contributed by atoms with Gasteiger partial charge in [-0.2, -0.15) is 5.26 Å². The molecule has 0 aliphatic heterocycles. The van der Waals surface area contributed by atoms with Gasteiger partial charge in [0.2, 0.25) is 5.91 Å². The number of nitrogens with zero attached hydrogens (tertiary/aromatic N) is 1. The Bertz CT molecular complexity index is 435. The van der Waals surface area contributed by atoms with Gasteiger partial charge in [-0.1, -0.05) is 6.07 Å². The average molecular weight is 234 g/mol. The highest BCUT2D eigenvalue weighted by molar-refractivity contribution is 7.98. The summed E-state index contributed by atoms with van der Waals surface area (Å²) in [6.45, 7) is 3.20. The first kappa shape index (κ1) is 12.6. The van der Waals surface area contributed by atoms with Crippen molar-refractivity contribution < 1.29 is 4.79 Å². The third-order valence-corrected chi connectivity index (χ3v) is 2.90. The summed E-state index contributed by atoms with van der Waals surface area (Å²) in [6, 6.07) is 9.51. The van der Waals surface area contributed by atoms with Gasteiger partial charge in [0.05, 0.1) is 6.07 Å². The van der Waals surface area contributed by atoms with Crippen LogP contribution in [0.25, 0.3) is 0 Å². The first-order valence-corrected chi connectivity index (χ1v) is 6.09. The maximum Gasteiger partial charge on any atom is 0.244 e. The molecular weight excluding hydrogens is 220 g/mol. The highest BCUT2D eigenvalue weighted by atomic mass is 32.2. The SMILES string of the molecule is CSc1cccc(NC(=O)C(C)(C)C#N)c1. The molecule has 0 aromatic heterocycles. The zero-order valence-electron chi connectivity index (χ0n) is 9.57. The van der Waals surface area contributed by atoms with Crippen molar-refractivity contribution in [3.63, 3.8) is 0 Å². The van der Waals surface area contributed by atoms with Gasteiger partial charge in [0, 0.05) is 10.6 Å². The lowest BCUT2D eigenvalue weighted by Crippen LogP contribution is -2.29. The molecule has 3 nitrogen and oxygen atoms in total. The number of nitrogens with one attached hydrogen (secondary N) is 1. The highest BCUT2D eigenvalue weighted by Gasteiger charge is 2.27. The summed E-state index contributed by atoms with van der Waals surface area (Å²) >= 11 is 1.61. The van der Waals surface area contributed by atoms with E-state index in [0.29, 0.717) is 0 Å². The number of rotatable bonds is 3. The molecule has 1 aromatic carbocycles. The summed E-state index contributed by atoms with van der Waals surface area (Å²) in [5.41, 5.74) is -0.282. The molecule has 0 aliphatic rings. The van der Waals surface area contributed by atoms with Crippen LogP contribution in [0.5, 0.6) is 0 Å². The van der Waals surface area contributed by atoms with Crippen LogP contribution in [0.1, 0.15) is 13.8 Å². The molecule has 0 radical (unpaired) electrons. The van der Waals surface area contributed by atoms with Gasteiger partial charge in [-0.05, 0) is 38.3 Å². The number of amides is 1. The minimum atomic E-state index is -1.00. The Morgan fingerprint density at radius 3 is 2.75 bits per heavy atom. The van der Waals surface area contributed by atoms with Crippen molar-refractivity contribution in [2.45, 2.75) is 18.7 Å². The molecule has 84 valence electrons. The standard InChI is InChI=1S/C12H14N2OS/c1-12(2,8-13)11(15)14-9-5-4-6-10(7-9)16-3/h4-7H,1-3H3,(H,14,15). The zero-order valence-corrected chi connectivity index (χ0v) is 10.4. The van der Waals surface area contributed by atoms with Crippen LogP contribution in [-0.2, 0) is 4.79 Å². The van der Waals surface area contributed by atoms with Crippen molar-refractivity contribution in [2.75, 3.05) is 11.6 Å². The van der Waals surface area contributed by atoms with Crippen molar-refractivity contribution in [3.8, 4) is 6.07 Å². The molecule has 1 N–H and O–H groups in total. The molecule has 0 spiro atoms. The summed E-state index contributed by atoms with van der Waals surface area (Å²) in [5.74, 6) is -0.284. The van der Waals surface area contributed by atoms with Gasteiger partial charge >= 0.3 is 0 Å². The first-order valence-electron chi connectivity index (χ1n) is 4.86. The molecule has 16 heavy (non-hydrogen) atoms. The van der Waals surface area contributed by atoms with Gasteiger partial charge in [-0.3, -0.25) is 4.79 Å². The average Bonchev–Trinajstić information content (AvgIpc) is 2.29. The predicted molar refractivity (Wildman–Crippen MR) is 66.2 cm³/mol. The fourth-order valence-corrected chi connectivity index (χ4v) is 1.50. The molecule has 0 heterocycles. The number of thioether (sulfide) groups is 1. The second kappa shape index (κ2) is 5.04. The van der Waals surface area contributed by atoms with E-state index >= 15 is 0 Å². The van der Waals surface area contributed by atoms with E-state index in [9.17, 15) is 4.79 Å². The Labute approximate surface area is 99.8 Å². The van der Waals surface area contributed by atoms with Gasteiger partial charge in [0.15, 0.2) is 0 Å². The normalized spacial score (nSPS) is 10.6. The maximum atomic E-state index is 11.7. The Hall–Kier alpha value is -1.47. The van der Waals surface area contributed by atoms with Crippen molar-refractivity contribution in [2.24, 2.45) is 5.41 Å². The predicted octanol–water partition coefficient (Wildman–Crippen LogP) is 2.90. The monoisotopic (exact) mass is 234 g/mol. The quantitative estimate of drug-likeness (QED) is 0.818. The lowest BCUT2D eigenvalue weighted by Gasteiger charge is -2.15. The Morgan fingerprint density at radius 2 is 2.19 bits per heavy atom. The van der Waals surface area contributed by atoms with Crippen LogP contribution in [0.2, 0.25) is 0 Å². The number of carbonyl (C=O) groups is 1. The lowest BCUT2D eigenvalue weighted by molar-refractivity contribution is -0.121. The van der Waals surface area contributed by atoms with Crippen LogP contribution in [0.3, 0.4) is 0 Å². The van der Waals surface area contributed by atoms with Crippen molar-refractivity contribution in [1.29, 1.82) is 5.26 Å². The number of hydrogen-bond donors (Lipinski definition) is 1. The van der Waals surface area contributed by atoms with Crippen molar-refractivity contribution in [3.05, 3.63) is 24.3 Å². The second-order valence-corrected chi connectivity index (χ2v) is 4.80. The number of benzene rings is 1. The van der Waals surface area contributed by atoms with Gasteiger partial charge < -0.3 is 5.32 Å². The maximum absolute atomic E-state index is 11.7. The number of nitriles is 1. The molecular formula is C12H14N2OS. The largest absolute Gasteiger partial charge is 0.325 e. The van der Waals surface area contributed by atoms with Crippen LogP contribution in [-0.4, -0.2) is 12.2 Å². The lowest BCUT2D eigenvalue weighted by atomic mass is 9.95. The van der Waals surface area contributed by atoms with Gasteiger partial charge in [-0.25, -0.2) is 0 Å². The molecule has 0 saturated carbocycles. The summed E-state index contributed by atoms with van der Waals surface area (Å²) < 4.78 is 0. The number of hydrogen-bond acceptors (Lipinski definition) is 3. The Kier molecular flexibility index (Phi) is 3.97. The molecule has 0 atom stereocenters. The fraction of sp³-hybridized carbons (Fsp3) is 0.333. The summed E-state index contributed by atoms with van der Waals surface area (Å²) in [5, 5.41) is 11.6. The molecule has 0 saturated heterocycles. The van der Waals surface area contributed by atoms with Crippen LogP contribution in [0.15, 0.2) is 29.2 Å². The number of anilines is 1. The molecule has 1 aromatic rings. The zero-order chi connectivity index (χ0) is 12.2. The van der Waals surface area contributed by atoms with E-state index in [-0.39, 0.29) is 5.91 Å². The molecule has 0 unspecified atom stereocenters. The van der Waals surface area contributed by atoms with Gasteiger partial charge in [-0.15, -0.1) is 11.8 Å². The molecule has 0 fully saturated rings. The van der Waals surface area contributed by atoms with Crippen LogP contribution in [0.4, 0.5) is 5.69 Å². The van der Waals surface area contributed by atoms with Gasteiger partial charge in [0.1, 0.15) is 5.41 Å². The third-order valence-electron chi connectivity index (χ3n) is 2.17. The molecule has 1 amide bonds. The van der Waals surface area contributed by atoms with E-state index in [1.807, 2.05) is 36.6 Å². The van der Waals surface area contributed by atoms with Crippen molar-refractivity contribution in [1.82, 2.24) is 0 Å². The fourth-order valence-electron chi connectivity index (χ4n) is 1.04. The van der Waals surface area contributed by atoms with Gasteiger partial charge in [0.25, 0.3) is 0 Å². The summed E-state index contributed by atoms with van der Waals surface area (Å²) in [4.78, 5) is 12.8. The number of carbonyl (C=O) groups excluding carboxylic acids is 1. The van der Waals surface area contributed by atoms with E-state index < -0.39 is 5.41 Å². The summed E-state index contributed by atoms with van der Waals surface area (Å²) in [7, 11) is 0. The van der Waals surface area contributed by atoms with Crippen LogP contribution < -0.4 is 5.32 Å². The third kappa shape index (κ3) is 3.01. The first-order chi connectivity index (χ1) is 7.49. The Morgan fingerprint density at radius 1 is 1.50 bits per heavy atom. The molecule has 1 rings (SSSR count). The van der Waals surface area contributed by atoms with E-state index in [1.165, 1.54) is 0 Å². The minimum Gasteiger partial charge on any atom is -0.325 e. The van der Waals surface area contributed by atoms with E-state index in [2.05, 4.69) is 5.32 Å². The van der Waals surface area contributed by atoms with Crippen LogP contribution in [0, 0.1) is 16.7 Å². The van der Waals surface area contributed by atoms with Crippen LogP contribution >= 0.6 is 11.8 Å². The molecule has 4 heteroatoms. The summed E-state index contributed by atoms with van der Waals surface area (Å²) in [6.07, 6.45) is 1.97. The molecule has 0 bridgehead atoms. The molecule has 0 aliphatic carbocycles. The minimum absolute atomic E-state index is 0.284. The topological polar surface area (TPSA) is 52.9 Å². The van der Waals surface area contributed by atoms with E-state index in [4.69, 9.17) is 5.26 Å². The second-order valence-electron chi connectivity index (χ2n) is 3.92. The van der Waals surface area contributed by atoms with E-state index in [0.717, 1.165) is 10.6 Å².